The summed E-state index contributed by atoms with van der Waals surface area (Å²) in [5.74, 6) is -0.673. The number of sulfonamides is 1. The van der Waals surface area contributed by atoms with Crippen LogP contribution in [0.1, 0.15) is 10.4 Å². The number of hydrogen-bond acceptors (Lipinski definition) is 6. The number of nitro benzene ring substituents is 1. The van der Waals surface area contributed by atoms with Crippen molar-refractivity contribution in [3.8, 4) is 0 Å². The molecule has 1 amide bonds. The molecule has 3 aromatic carbocycles. The number of nitro groups is 1. The number of carbonyl (C=O) groups is 1. The van der Waals surface area contributed by atoms with Crippen LogP contribution < -0.4 is 15.4 Å². The van der Waals surface area contributed by atoms with E-state index in [1.807, 2.05) is 0 Å². The Balaban J connectivity index is 1.64. The molecule has 0 heterocycles. The Morgan fingerprint density at radius 1 is 0.969 bits per heavy atom. The number of benzene rings is 3. The number of amides is 1. The molecule has 0 radical (unpaired) electrons. The van der Waals surface area contributed by atoms with Crippen LogP contribution in [0.15, 0.2) is 77.7 Å². The van der Waals surface area contributed by atoms with Crippen LogP contribution >= 0.6 is 23.8 Å². The van der Waals surface area contributed by atoms with Gasteiger partial charge in [0.25, 0.3) is 21.6 Å². The highest BCUT2D eigenvalue weighted by Gasteiger charge is 2.17. The molecule has 0 aromatic heterocycles. The molecule has 32 heavy (non-hydrogen) atoms. The average molecular weight is 491 g/mol. The zero-order chi connectivity index (χ0) is 23.3. The van der Waals surface area contributed by atoms with Crippen LogP contribution in [0.4, 0.5) is 17.1 Å². The van der Waals surface area contributed by atoms with Gasteiger partial charge in [0.1, 0.15) is 5.02 Å². The Labute approximate surface area is 193 Å². The average Bonchev–Trinajstić information content (AvgIpc) is 2.74. The van der Waals surface area contributed by atoms with Gasteiger partial charge in [-0.15, -0.1) is 0 Å². The van der Waals surface area contributed by atoms with Gasteiger partial charge >= 0.3 is 0 Å². The van der Waals surface area contributed by atoms with Crippen molar-refractivity contribution in [3.05, 3.63) is 93.5 Å². The van der Waals surface area contributed by atoms with Crippen molar-refractivity contribution in [2.24, 2.45) is 0 Å². The maximum Gasteiger partial charge on any atom is 0.288 e. The fraction of sp³-hybridized carbons (Fsp3) is 0. The van der Waals surface area contributed by atoms with E-state index in [0.717, 1.165) is 6.07 Å². The fourth-order valence-electron chi connectivity index (χ4n) is 2.57. The summed E-state index contributed by atoms with van der Waals surface area (Å²) in [7, 11) is -3.77. The number of nitrogens with one attached hydrogen (secondary N) is 3. The summed E-state index contributed by atoms with van der Waals surface area (Å²) in [6, 6.07) is 17.8. The molecular formula is C20H15ClN4O5S2. The van der Waals surface area contributed by atoms with Gasteiger partial charge in [-0.05, 0) is 60.7 Å². The second-order valence-corrected chi connectivity index (χ2v) is 8.83. The lowest BCUT2D eigenvalue weighted by Crippen LogP contribution is -2.34. The summed E-state index contributed by atoms with van der Waals surface area (Å²) < 4.78 is 27.4. The molecular weight excluding hydrogens is 476 g/mol. The first kappa shape index (κ1) is 23.1. The largest absolute Gasteiger partial charge is 0.332 e. The smallest absolute Gasteiger partial charge is 0.288 e. The number of thiocarbonyl (C=S) groups is 1. The van der Waals surface area contributed by atoms with Gasteiger partial charge in [-0.25, -0.2) is 8.42 Å². The van der Waals surface area contributed by atoms with Crippen molar-refractivity contribution in [2.45, 2.75) is 4.90 Å². The lowest BCUT2D eigenvalue weighted by atomic mass is 10.2. The molecule has 0 saturated carbocycles. The van der Waals surface area contributed by atoms with Crippen LogP contribution in [0.25, 0.3) is 0 Å². The Morgan fingerprint density at radius 2 is 1.62 bits per heavy atom. The second kappa shape index (κ2) is 9.73. The highest BCUT2D eigenvalue weighted by Crippen LogP contribution is 2.25. The molecule has 3 aromatic rings. The van der Waals surface area contributed by atoms with E-state index in [2.05, 4.69) is 15.4 Å². The van der Waals surface area contributed by atoms with Gasteiger partial charge in [-0.1, -0.05) is 29.8 Å². The molecule has 0 bridgehead atoms. The summed E-state index contributed by atoms with van der Waals surface area (Å²) in [6.07, 6.45) is 0. The molecule has 0 atom stereocenters. The van der Waals surface area contributed by atoms with Crippen molar-refractivity contribution in [1.82, 2.24) is 5.32 Å². The first-order valence-electron chi connectivity index (χ1n) is 8.90. The summed E-state index contributed by atoms with van der Waals surface area (Å²) in [5.41, 5.74) is 0.454. The third-order valence-electron chi connectivity index (χ3n) is 4.08. The normalized spacial score (nSPS) is 10.8. The van der Waals surface area contributed by atoms with E-state index >= 15 is 0 Å². The summed E-state index contributed by atoms with van der Waals surface area (Å²) in [6.45, 7) is 0. The molecule has 0 aliphatic carbocycles. The highest BCUT2D eigenvalue weighted by molar-refractivity contribution is 7.92. The third-order valence-corrected chi connectivity index (χ3v) is 6.00. The van der Waals surface area contributed by atoms with E-state index in [0.29, 0.717) is 11.4 Å². The molecule has 0 fully saturated rings. The van der Waals surface area contributed by atoms with Gasteiger partial charge < -0.3 is 5.32 Å². The molecule has 12 heteroatoms. The van der Waals surface area contributed by atoms with E-state index in [1.165, 1.54) is 36.4 Å². The third kappa shape index (κ3) is 5.78. The standard InChI is InChI=1S/C20H15ClN4O5S2/c21-17-11-6-13(12-18(17)25(27)28)19(26)23-20(31)22-14-7-9-16(10-8-14)32(29,30)24-15-4-2-1-3-5-15/h1-12,24H,(H2,22,23,26,31). The predicted molar refractivity (Wildman–Crippen MR) is 125 cm³/mol. The molecule has 9 nitrogen and oxygen atoms in total. The van der Waals surface area contributed by atoms with Gasteiger partial charge in [-0.2, -0.15) is 0 Å². The van der Waals surface area contributed by atoms with Gasteiger partial charge in [0.05, 0.1) is 9.82 Å². The molecule has 0 aliphatic heterocycles. The van der Waals surface area contributed by atoms with Crippen LogP contribution in [-0.2, 0) is 10.0 Å². The molecule has 0 spiro atoms. The second-order valence-electron chi connectivity index (χ2n) is 6.33. The number of hydrogen-bond donors (Lipinski definition) is 3. The molecule has 3 N–H and O–H groups in total. The Kier molecular flexibility index (Phi) is 7.03. The number of halogens is 1. The van der Waals surface area contributed by atoms with E-state index in [4.69, 9.17) is 23.8 Å². The Bertz CT molecular complexity index is 1280. The molecule has 3 rings (SSSR count). The number of para-hydroxylation sites is 1. The molecule has 164 valence electrons. The topological polar surface area (TPSA) is 130 Å². The van der Waals surface area contributed by atoms with Crippen molar-refractivity contribution < 1.29 is 18.1 Å². The maximum absolute atomic E-state index is 12.5. The zero-order valence-electron chi connectivity index (χ0n) is 16.1. The summed E-state index contributed by atoms with van der Waals surface area (Å²) in [5, 5.41) is 15.9. The fourth-order valence-corrected chi connectivity index (χ4v) is 4.02. The van der Waals surface area contributed by atoms with Gasteiger partial charge in [0.2, 0.25) is 0 Å². The highest BCUT2D eigenvalue weighted by atomic mass is 35.5. The zero-order valence-corrected chi connectivity index (χ0v) is 18.5. The maximum atomic E-state index is 12.5. The minimum atomic E-state index is -3.77. The first-order chi connectivity index (χ1) is 15.2. The molecule has 0 saturated heterocycles. The van der Waals surface area contributed by atoms with Gasteiger partial charge in [0, 0.05) is 23.0 Å². The lowest BCUT2D eigenvalue weighted by Gasteiger charge is -2.11. The minimum absolute atomic E-state index is 0.00122. The van der Waals surface area contributed by atoms with Gasteiger partial charge in [0.15, 0.2) is 5.11 Å². The number of anilines is 2. The van der Waals surface area contributed by atoms with Crippen molar-refractivity contribution >= 4 is 61.9 Å². The van der Waals surface area contributed by atoms with Crippen LogP contribution in [-0.4, -0.2) is 24.4 Å². The predicted octanol–water partition coefficient (Wildman–Crippen LogP) is 4.18. The van der Waals surface area contributed by atoms with Crippen LogP contribution in [0.2, 0.25) is 5.02 Å². The first-order valence-corrected chi connectivity index (χ1v) is 11.2. The number of carbonyl (C=O) groups excluding carboxylic acids is 1. The van der Waals surface area contributed by atoms with E-state index in [9.17, 15) is 23.3 Å². The van der Waals surface area contributed by atoms with E-state index < -0.39 is 26.5 Å². The monoisotopic (exact) mass is 490 g/mol. The number of rotatable bonds is 6. The molecule has 0 unspecified atom stereocenters. The van der Waals surface area contributed by atoms with Crippen LogP contribution in [0.3, 0.4) is 0 Å². The quantitative estimate of drug-likeness (QED) is 0.268. The minimum Gasteiger partial charge on any atom is -0.332 e. The van der Waals surface area contributed by atoms with Crippen LogP contribution in [0.5, 0.6) is 0 Å². The molecule has 0 aliphatic rings. The number of nitrogens with zero attached hydrogens (tertiary/aromatic N) is 1. The Hall–Kier alpha value is -3.54. The summed E-state index contributed by atoms with van der Waals surface area (Å²) >= 11 is 10.8. The lowest BCUT2D eigenvalue weighted by molar-refractivity contribution is -0.384. The van der Waals surface area contributed by atoms with Crippen LogP contribution in [0, 0.1) is 10.1 Å². The van der Waals surface area contributed by atoms with E-state index in [-0.39, 0.29) is 20.6 Å². The Morgan fingerprint density at radius 3 is 2.25 bits per heavy atom. The summed E-state index contributed by atoms with van der Waals surface area (Å²) in [4.78, 5) is 22.6. The van der Waals surface area contributed by atoms with Crippen molar-refractivity contribution in [3.63, 3.8) is 0 Å². The van der Waals surface area contributed by atoms with E-state index in [1.54, 1.807) is 30.3 Å². The SMILES string of the molecule is O=C(NC(=S)Nc1ccc(S(=O)(=O)Nc2ccccc2)cc1)c1ccc(Cl)c([N+](=O)[O-])c1. The van der Waals surface area contributed by atoms with Gasteiger partial charge in [-0.3, -0.25) is 24.9 Å². The van der Waals surface area contributed by atoms with Crippen molar-refractivity contribution in [2.75, 3.05) is 10.0 Å². The van der Waals surface area contributed by atoms with Crippen molar-refractivity contribution in [1.29, 1.82) is 0 Å².